The van der Waals surface area contributed by atoms with Crippen molar-refractivity contribution in [2.45, 2.75) is 13.3 Å². The molecule has 0 aliphatic rings. The van der Waals surface area contributed by atoms with E-state index in [2.05, 4.69) is 11.8 Å². The summed E-state index contributed by atoms with van der Waals surface area (Å²) >= 11 is 0. The second-order valence-corrected chi connectivity index (χ2v) is 4.11. The third kappa shape index (κ3) is 3.21. The van der Waals surface area contributed by atoms with E-state index in [1.165, 1.54) is 6.07 Å². The summed E-state index contributed by atoms with van der Waals surface area (Å²) < 4.78 is 13.7. The smallest absolute Gasteiger partial charge is 0.139 e. The zero-order valence-corrected chi connectivity index (χ0v) is 10.6. The van der Waals surface area contributed by atoms with Gasteiger partial charge in [0.2, 0.25) is 0 Å². The molecular formula is C17H12FN. The highest BCUT2D eigenvalue weighted by atomic mass is 19.1. The summed E-state index contributed by atoms with van der Waals surface area (Å²) in [5.41, 5.74) is 2.70. The quantitative estimate of drug-likeness (QED) is 0.707. The standard InChI is InChI=1S/C17H12FN/c1-2-13-7-9-16(17(18)11-13)10-8-14-3-5-15(12-19)6-4-14/h3-7,9,11H,2H2,1H3. The molecule has 0 N–H and O–H groups in total. The van der Waals surface area contributed by atoms with Crippen LogP contribution in [0.5, 0.6) is 0 Å². The SMILES string of the molecule is CCc1ccc(C#Cc2ccc(C#N)cc2)c(F)c1. The molecule has 0 saturated carbocycles. The number of nitriles is 1. The van der Waals surface area contributed by atoms with E-state index < -0.39 is 0 Å². The number of aryl methyl sites for hydroxylation is 1. The summed E-state index contributed by atoms with van der Waals surface area (Å²) in [6.45, 7) is 1.98. The van der Waals surface area contributed by atoms with Crippen molar-refractivity contribution in [3.8, 4) is 17.9 Å². The van der Waals surface area contributed by atoms with Gasteiger partial charge in [0.05, 0.1) is 17.2 Å². The lowest BCUT2D eigenvalue weighted by Gasteiger charge is -1.98. The van der Waals surface area contributed by atoms with Crippen molar-refractivity contribution >= 4 is 0 Å². The highest BCUT2D eigenvalue weighted by molar-refractivity contribution is 5.45. The summed E-state index contributed by atoms with van der Waals surface area (Å²) in [7, 11) is 0. The molecule has 0 spiro atoms. The van der Waals surface area contributed by atoms with Crippen molar-refractivity contribution in [3.63, 3.8) is 0 Å². The monoisotopic (exact) mass is 249 g/mol. The molecule has 19 heavy (non-hydrogen) atoms. The van der Waals surface area contributed by atoms with Crippen LogP contribution in [0.15, 0.2) is 42.5 Å². The lowest BCUT2D eigenvalue weighted by Crippen LogP contribution is -1.87. The van der Waals surface area contributed by atoms with Crippen molar-refractivity contribution in [1.82, 2.24) is 0 Å². The van der Waals surface area contributed by atoms with Crippen LogP contribution in [-0.2, 0) is 6.42 Å². The van der Waals surface area contributed by atoms with Gasteiger partial charge in [-0.2, -0.15) is 5.26 Å². The molecule has 0 amide bonds. The largest absolute Gasteiger partial charge is 0.206 e. The maximum absolute atomic E-state index is 13.7. The van der Waals surface area contributed by atoms with E-state index >= 15 is 0 Å². The number of halogens is 1. The molecule has 2 aromatic carbocycles. The summed E-state index contributed by atoms with van der Waals surface area (Å²) in [5.74, 6) is 5.41. The fourth-order valence-electron chi connectivity index (χ4n) is 1.65. The van der Waals surface area contributed by atoms with Crippen LogP contribution in [0.3, 0.4) is 0 Å². The second-order valence-electron chi connectivity index (χ2n) is 4.11. The van der Waals surface area contributed by atoms with Gasteiger partial charge in [0.25, 0.3) is 0 Å². The minimum atomic E-state index is -0.291. The first-order valence-electron chi connectivity index (χ1n) is 6.03. The molecule has 0 aliphatic carbocycles. The van der Waals surface area contributed by atoms with Crippen LogP contribution in [-0.4, -0.2) is 0 Å². The molecule has 0 aromatic heterocycles. The Balaban J connectivity index is 2.26. The molecule has 0 radical (unpaired) electrons. The Kier molecular flexibility index (Phi) is 3.96. The van der Waals surface area contributed by atoms with Crippen molar-refractivity contribution in [2.24, 2.45) is 0 Å². The van der Waals surface area contributed by atoms with Crippen LogP contribution in [0.2, 0.25) is 0 Å². The van der Waals surface area contributed by atoms with Gasteiger partial charge < -0.3 is 0 Å². The van der Waals surface area contributed by atoms with Crippen molar-refractivity contribution in [1.29, 1.82) is 5.26 Å². The Bertz CT molecular complexity index is 682. The maximum Gasteiger partial charge on any atom is 0.139 e. The minimum Gasteiger partial charge on any atom is -0.206 e. The van der Waals surface area contributed by atoms with Crippen LogP contribution in [0.4, 0.5) is 4.39 Å². The summed E-state index contributed by atoms with van der Waals surface area (Å²) in [5, 5.41) is 8.69. The summed E-state index contributed by atoms with van der Waals surface area (Å²) in [4.78, 5) is 0. The van der Waals surface area contributed by atoms with Gasteiger partial charge in [0, 0.05) is 5.56 Å². The highest BCUT2D eigenvalue weighted by Gasteiger charge is 1.99. The molecule has 2 aromatic rings. The van der Waals surface area contributed by atoms with Crippen LogP contribution in [0, 0.1) is 29.0 Å². The van der Waals surface area contributed by atoms with Gasteiger partial charge in [-0.25, -0.2) is 4.39 Å². The number of nitrogens with zero attached hydrogens (tertiary/aromatic N) is 1. The summed E-state index contributed by atoms with van der Waals surface area (Å²) in [6, 6.07) is 14.0. The highest BCUT2D eigenvalue weighted by Crippen LogP contribution is 2.10. The van der Waals surface area contributed by atoms with Gasteiger partial charge in [0.15, 0.2) is 0 Å². The first-order chi connectivity index (χ1) is 9.22. The van der Waals surface area contributed by atoms with E-state index in [9.17, 15) is 4.39 Å². The van der Waals surface area contributed by atoms with Crippen LogP contribution < -0.4 is 0 Å². The third-order valence-electron chi connectivity index (χ3n) is 2.80. The molecule has 0 bridgehead atoms. The van der Waals surface area contributed by atoms with E-state index in [0.717, 1.165) is 17.5 Å². The van der Waals surface area contributed by atoms with Crippen LogP contribution in [0.25, 0.3) is 0 Å². The molecule has 0 unspecified atom stereocenters. The Hall–Kier alpha value is -2.58. The average molecular weight is 249 g/mol. The normalized spacial score (nSPS) is 9.32. The number of hydrogen-bond acceptors (Lipinski definition) is 1. The predicted octanol–water partition coefficient (Wildman–Crippen LogP) is 3.66. The zero-order valence-electron chi connectivity index (χ0n) is 10.6. The van der Waals surface area contributed by atoms with E-state index in [1.807, 2.05) is 19.1 Å². The van der Waals surface area contributed by atoms with Crippen molar-refractivity contribution in [3.05, 3.63) is 70.5 Å². The number of rotatable bonds is 1. The summed E-state index contributed by atoms with van der Waals surface area (Å²) in [6.07, 6.45) is 0.806. The van der Waals surface area contributed by atoms with Gasteiger partial charge >= 0.3 is 0 Å². The third-order valence-corrected chi connectivity index (χ3v) is 2.80. The lowest BCUT2D eigenvalue weighted by atomic mass is 10.1. The minimum absolute atomic E-state index is 0.291. The Labute approximate surface area is 112 Å². The average Bonchev–Trinajstić information content (AvgIpc) is 2.46. The van der Waals surface area contributed by atoms with Crippen molar-refractivity contribution < 1.29 is 4.39 Å². The van der Waals surface area contributed by atoms with E-state index in [1.54, 1.807) is 30.3 Å². The molecule has 0 fully saturated rings. The lowest BCUT2D eigenvalue weighted by molar-refractivity contribution is 0.622. The van der Waals surface area contributed by atoms with E-state index in [-0.39, 0.29) is 5.82 Å². The fourth-order valence-corrected chi connectivity index (χ4v) is 1.65. The van der Waals surface area contributed by atoms with Gasteiger partial charge in [-0.05, 0) is 48.4 Å². The Morgan fingerprint density at radius 2 is 1.68 bits per heavy atom. The number of hydrogen-bond donors (Lipinski definition) is 0. The Morgan fingerprint density at radius 3 is 2.26 bits per heavy atom. The number of benzene rings is 2. The molecule has 92 valence electrons. The van der Waals surface area contributed by atoms with Crippen LogP contribution >= 0.6 is 0 Å². The van der Waals surface area contributed by atoms with Crippen LogP contribution in [0.1, 0.15) is 29.2 Å². The fraction of sp³-hybridized carbons (Fsp3) is 0.118. The second kappa shape index (κ2) is 5.85. The molecule has 0 atom stereocenters. The molecule has 2 heteroatoms. The first kappa shape index (κ1) is 12.9. The molecule has 0 aliphatic heterocycles. The first-order valence-corrected chi connectivity index (χ1v) is 6.03. The molecular weight excluding hydrogens is 237 g/mol. The van der Waals surface area contributed by atoms with E-state index in [4.69, 9.17) is 5.26 Å². The molecule has 2 rings (SSSR count). The predicted molar refractivity (Wildman–Crippen MR) is 72.9 cm³/mol. The van der Waals surface area contributed by atoms with Gasteiger partial charge in [-0.3, -0.25) is 0 Å². The zero-order chi connectivity index (χ0) is 13.7. The van der Waals surface area contributed by atoms with Gasteiger partial charge in [-0.15, -0.1) is 0 Å². The maximum atomic E-state index is 13.7. The topological polar surface area (TPSA) is 23.8 Å². The van der Waals surface area contributed by atoms with Gasteiger partial charge in [0.1, 0.15) is 5.82 Å². The molecule has 1 nitrogen and oxygen atoms in total. The van der Waals surface area contributed by atoms with E-state index in [0.29, 0.717) is 11.1 Å². The molecule has 0 heterocycles. The van der Waals surface area contributed by atoms with Crippen molar-refractivity contribution in [2.75, 3.05) is 0 Å². The molecule has 0 saturated heterocycles. The van der Waals surface area contributed by atoms with Gasteiger partial charge in [-0.1, -0.05) is 24.8 Å². The Morgan fingerprint density at radius 1 is 1.00 bits per heavy atom.